The van der Waals surface area contributed by atoms with Gasteiger partial charge in [-0.2, -0.15) is 0 Å². The van der Waals surface area contributed by atoms with Gasteiger partial charge >= 0.3 is 0 Å². The number of hydrogen-bond acceptors (Lipinski definition) is 4. The number of para-hydroxylation sites is 2. The Hall–Kier alpha value is -8.08. The Morgan fingerprint density at radius 3 is 1.63 bits per heavy atom. The summed E-state index contributed by atoms with van der Waals surface area (Å²) in [6.45, 7) is 0. The summed E-state index contributed by atoms with van der Waals surface area (Å²) in [5.74, 6) is 0.678. The molecule has 0 saturated carbocycles. The third kappa shape index (κ3) is 5.90. The van der Waals surface area contributed by atoms with Crippen LogP contribution in [0.3, 0.4) is 0 Å². The minimum atomic E-state index is 0.678. The number of fused-ring (bicyclic) bond motifs is 9. The Balaban J connectivity index is 0.943. The molecule has 0 N–H and O–H groups in total. The van der Waals surface area contributed by atoms with Crippen molar-refractivity contribution < 1.29 is 8.83 Å². The summed E-state index contributed by atoms with van der Waals surface area (Å²) in [6.07, 6.45) is 4.87. The standard InChI is InChI=1S/C59H38N2O2/c1-2-17-44-43(16-1)48-21-11-20-47-42(28-29-49(44)58(47)48)38-14-9-12-36(32-38)37-13-10-15-41(33-37)59-60-52(39-26-30-56-50(34-39)45-18-3-7-24-54(45)62-56)22-5-6-23-53(61-59)40-27-31-57-51(35-40)46-19-4-8-25-55(46)63-57/h1-4,7-22,24-35H,5-6,23H2. The first-order valence-electron chi connectivity index (χ1n) is 21.8. The minimum Gasteiger partial charge on any atom is -0.456 e. The molecule has 13 rings (SSSR count). The van der Waals surface area contributed by atoms with Crippen LogP contribution in [0.2, 0.25) is 0 Å². The second-order valence-corrected chi connectivity index (χ2v) is 16.7. The second kappa shape index (κ2) is 14.3. The van der Waals surface area contributed by atoms with E-state index in [1.54, 1.807) is 0 Å². The molecular weight excluding hydrogens is 769 g/mol. The molecule has 1 aliphatic carbocycles. The van der Waals surface area contributed by atoms with Gasteiger partial charge in [-0.3, -0.25) is 0 Å². The molecule has 0 radical (unpaired) electrons. The van der Waals surface area contributed by atoms with E-state index in [1.165, 1.54) is 44.2 Å². The van der Waals surface area contributed by atoms with Crippen LogP contribution in [-0.4, -0.2) is 11.5 Å². The smallest absolute Gasteiger partial charge is 0.160 e. The van der Waals surface area contributed by atoms with Crippen molar-refractivity contribution in [3.8, 4) is 44.5 Å². The number of allylic oxidation sites excluding steroid dienone is 1. The van der Waals surface area contributed by atoms with Crippen molar-refractivity contribution in [3.63, 3.8) is 0 Å². The van der Waals surface area contributed by atoms with E-state index in [2.05, 4.69) is 170 Å². The number of benzene rings is 9. The van der Waals surface area contributed by atoms with Gasteiger partial charge in [0.05, 0.1) is 11.4 Å². The van der Waals surface area contributed by atoms with E-state index in [0.29, 0.717) is 5.84 Å². The average Bonchev–Trinajstić information content (AvgIpc) is 4.03. The van der Waals surface area contributed by atoms with Gasteiger partial charge in [0, 0.05) is 32.7 Å². The molecule has 11 aromatic rings. The summed E-state index contributed by atoms with van der Waals surface area (Å²) in [4.78, 5) is 11.0. The molecule has 63 heavy (non-hydrogen) atoms. The Kier molecular flexibility index (Phi) is 8.07. The molecule has 2 aliphatic rings. The topological polar surface area (TPSA) is 51.0 Å². The highest BCUT2D eigenvalue weighted by atomic mass is 16.3. The zero-order valence-electron chi connectivity index (χ0n) is 34.3. The molecule has 2 aromatic heterocycles. The second-order valence-electron chi connectivity index (χ2n) is 16.7. The van der Waals surface area contributed by atoms with Crippen molar-refractivity contribution in [2.75, 3.05) is 0 Å². The first kappa shape index (κ1) is 35.7. The predicted octanol–water partition coefficient (Wildman–Crippen LogP) is 16.1. The largest absolute Gasteiger partial charge is 0.456 e. The first-order valence-corrected chi connectivity index (χ1v) is 21.8. The van der Waals surface area contributed by atoms with E-state index in [-0.39, 0.29) is 0 Å². The van der Waals surface area contributed by atoms with Crippen LogP contribution in [0.1, 0.15) is 36.0 Å². The van der Waals surface area contributed by atoms with E-state index in [4.69, 9.17) is 18.8 Å². The van der Waals surface area contributed by atoms with Gasteiger partial charge in [0.15, 0.2) is 5.84 Å². The van der Waals surface area contributed by atoms with Gasteiger partial charge in [0.2, 0.25) is 0 Å². The molecule has 9 aromatic carbocycles. The van der Waals surface area contributed by atoms with Crippen molar-refractivity contribution in [2.24, 2.45) is 9.98 Å². The Morgan fingerprint density at radius 1 is 0.349 bits per heavy atom. The molecule has 296 valence electrons. The predicted molar refractivity (Wildman–Crippen MR) is 262 cm³/mol. The number of amidine groups is 1. The summed E-state index contributed by atoms with van der Waals surface area (Å²) in [7, 11) is 0. The van der Waals surface area contributed by atoms with E-state index in [9.17, 15) is 0 Å². The molecular formula is C59H38N2O2. The maximum Gasteiger partial charge on any atom is 0.160 e. The van der Waals surface area contributed by atoms with Gasteiger partial charge in [0.25, 0.3) is 0 Å². The minimum absolute atomic E-state index is 0.678. The van der Waals surface area contributed by atoms with Crippen molar-refractivity contribution in [1.82, 2.24) is 0 Å². The maximum atomic E-state index is 6.23. The fraction of sp³-hybridized carbons (Fsp3) is 0.0508. The van der Waals surface area contributed by atoms with E-state index >= 15 is 0 Å². The quantitative estimate of drug-likeness (QED) is 0.174. The zero-order valence-corrected chi connectivity index (χ0v) is 34.3. The third-order valence-corrected chi connectivity index (χ3v) is 13.0. The van der Waals surface area contributed by atoms with Gasteiger partial charge in [-0.25, -0.2) is 9.98 Å². The fourth-order valence-electron chi connectivity index (χ4n) is 9.95. The molecule has 3 heterocycles. The lowest BCUT2D eigenvalue weighted by atomic mass is 9.92. The molecule has 0 fully saturated rings. The van der Waals surface area contributed by atoms with Gasteiger partial charge < -0.3 is 8.83 Å². The number of nitrogens with zero attached hydrogens (tertiary/aromatic N) is 2. The SMILES string of the molecule is C1=C(c2ccc3oc4ccccc4c3c2)N=C(c2cccc(-c3cccc(-c4ccc5c6c(cccc46)-c4ccccc4-5)c3)c2)N=C(c2ccc3oc4ccccc4c3c2)CCC1. The molecule has 1 aliphatic heterocycles. The summed E-state index contributed by atoms with van der Waals surface area (Å²) in [6, 6.07) is 67.1. The molecule has 0 spiro atoms. The molecule has 4 nitrogen and oxygen atoms in total. The molecule has 0 unspecified atom stereocenters. The third-order valence-electron chi connectivity index (χ3n) is 13.0. The van der Waals surface area contributed by atoms with Crippen LogP contribution < -0.4 is 0 Å². The van der Waals surface area contributed by atoms with Crippen LogP contribution >= 0.6 is 0 Å². The lowest BCUT2D eigenvalue weighted by molar-refractivity contribution is 0.668. The monoisotopic (exact) mass is 806 g/mol. The molecule has 0 atom stereocenters. The first-order chi connectivity index (χ1) is 31.2. The van der Waals surface area contributed by atoms with Crippen LogP contribution in [-0.2, 0) is 0 Å². The van der Waals surface area contributed by atoms with Crippen molar-refractivity contribution in [3.05, 3.63) is 211 Å². The van der Waals surface area contributed by atoms with Crippen LogP contribution in [0, 0.1) is 0 Å². The fourth-order valence-corrected chi connectivity index (χ4v) is 9.95. The van der Waals surface area contributed by atoms with Crippen LogP contribution in [0.25, 0.3) is 105 Å². The van der Waals surface area contributed by atoms with Crippen LogP contribution in [0.5, 0.6) is 0 Å². The summed E-state index contributed by atoms with van der Waals surface area (Å²) >= 11 is 0. The average molecular weight is 807 g/mol. The van der Waals surface area contributed by atoms with Gasteiger partial charge in [-0.05, 0) is 141 Å². The molecule has 0 saturated heterocycles. The van der Waals surface area contributed by atoms with E-state index < -0.39 is 0 Å². The highest BCUT2D eigenvalue weighted by Crippen LogP contribution is 2.49. The van der Waals surface area contributed by atoms with Crippen molar-refractivity contribution >= 4 is 71.9 Å². The number of furan rings is 2. The zero-order chi connectivity index (χ0) is 41.4. The molecule has 4 heteroatoms. The Bertz CT molecular complexity index is 3750. The van der Waals surface area contributed by atoms with Gasteiger partial charge in [-0.1, -0.05) is 133 Å². The van der Waals surface area contributed by atoms with E-state index in [0.717, 1.165) is 102 Å². The number of rotatable bonds is 5. The van der Waals surface area contributed by atoms with Gasteiger partial charge in [-0.15, -0.1) is 0 Å². The van der Waals surface area contributed by atoms with Crippen LogP contribution in [0.4, 0.5) is 0 Å². The van der Waals surface area contributed by atoms with Crippen molar-refractivity contribution in [1.29, 1.82) is 0 Å². The molecule has 0 bridgehead atoms. The van der Waals surface area contributed by atoms with Crippen molar-refractivity contribution in [2.45, 2.75) is 19.3 Å². The molecule has 0 amide bonds. The normalized spacial score (nSPS) is 13.8. The van der Waals surface area contributed by atoms with E-state index in [1.807, 2.05) is 24.3 Å². The highest BCUT2D eigenvalue weighted by Gasteiger charge is 2.23. The lowest BCUT2D eigenvalue weighted by Gasteiger charge is -2.12. The highest BCUT2D eigenvalue weighted by molar-refractivity contribution is 6.19. The Labute approximate surface area is 363 Å². The number of aliphatic imine (C=N–C) groups is 2. The summed E-state index contributed by atoms with van der Waals surface area (Å²) < 4.78 is 12.4. The van der Waals surface area contributed by atoms with Crippen LogP contribution in [0.15, 0.2) is 213 Å². The maximum absolute atomic E-state index is 6.23. The van der Waals surface area contributed by atoms with Gasteiger partial charge in [0.1, 0.15) is 22.3 Å². The Morgan fingerprint density at radius 2 is 0.889 bits per heavy atom. The summed E-state index contributed by atoms with van der Waals surface area (Å²) in [5, 5.41) is 6.99. The number of hydrogen-bond donors (Lipinski definition) is 0. The lowest BCUT2D eigenvalue weighted by Crippen LogP contribution is -2.07. The summed E-state index contributed by atoms with van der Waals surface area (Å²) in [5.41, 5.74) is 18.4.